The summed E-state index contributed by atoms with van der Waals surface area (Å²) < 4.78 is 21.9. The SMILES string of the molecule is CCC(C)CC(CS(C)(=O)=O)NN. The van der Waals surface area contributed by atoms with E-state index in [2.05, 4.69) is 19.3 Å². The van der Waals surface area contributed by atoms with Gasteiger partial charge in [0.15, 0.2) is 0 Å². The molecule has 2 atom stereocenters. The normalized spacial score (nSPS) is 16.9. The number of hydrogen-bond acceptors (Lipinski definition) is 4. The van der Waals surface area contributed by atoms with E-state index in [0.717, 1.165) is 12.8 Å². The molecule has 80 valence electrons. The van der Waals surface area contributed by atoms with Crippen molar-refractivity contribution in [3.05, 3.63) is 0 Å². The van der Waals surface area contributed by atoms with E-state index in [4.69, 9.17) is 5.84 Å². The molecule has 2 unspecified atom stereocenters. The Balaban J connectivity index is 4.05. The summed E-state index contributed by atoms with van der Waals surface area (Å²) in [7, 11) is -2.93. The standard InChI is InChI=1S/C8H20N2O2S/c1-4-7(2)5-8(10-9)6-13(3,11)12/h7-8,10H,4-6,9H2,1-3H3. The van der Waals surface area contributed by atoms with Gasteiger partial charge in [-0.05, 0) is 12.3 Å². The summed E-state index contributed by atoms with van der Waals surface area (Å²) in [5.74, 6) is 5.89. The minimum absolute atomic E-state index is 0.119. The third-order valence-electron chi connectivity index (χ3n) is 2.12. The highest BCUT2D eigenvalue weighted by molar-refractivity contribution is 7.90. The molecule has 13 heavy (non-hydrogen) atoms. The summed E-state index contributed by atoms with van der Waals surface area (Å²) in [4.78, 5) is 0. The molecule has 0 aromatic heterocycles. The lowest BCUT2D eigenvalue weighted by atomic mass is 10.0. The first-order valence-corrected chi connectivity index (χ1v) is 6.59. The molecule has 0 rings (SSSR count). The average molecular weight is 208 g/mol. The zero-order valence-corrected chi connectivity index (χ0v) is 9.39. The topological polar surface area (TPSA) is 72.2 Å². The number of hydrogen-bond donors (Lipinski definition) is 2. The summed E-state index contributed by atoms with van der Waals surface area (Å²) in [6.07, 6.45) is 3.08. The Kier molecular flexibility index (Phi) is 5.51. The van der Waals surface area contributed by atoms with E-state index in [1.165, 1.54) is 6.26 Å². The van der Waals surface area contributed by atoms with Gasteiger partial charge in [0.05, 0.1) is 5.75 Å². The van der Waals surface area contributed by atoms with Crippen LogP contribution in [0.25, 0.3) is 0 Å². The molecule has 3 N–H and O–H groups in total. The zero-order valence-electron chi connectivity index (χ0n) is 8.58. The first-order chi connectivity index (χ1) is 5.89. The quantitative estimate of drug-likeness (QED) is 0.486. The number of sulfone groups is 1. The Hall–Kier alpha value is -0.130. The van der Waals surface area contributed by atoms with E-state index < -0.39 is 9.84 Å². The lowest BCUT2D eigenvalue weighted by molar-refractivity contribution is 0.418. The van der Waals surface area contributed by atoms with Crippen molar-refractivity contribution in [3.8, 4) is 0 Å². The molecule has 4 nitrogen and oxygen atoms in total. The predicted molar refractivity (Wildman–Crippen MR) is 54.9 cm³/mol. The average Bonchev–Trinajstić information content (AvgIpc) is 2.00. The van der Waals surface area contributed by atoms with Crippen molar-refractivity contribution < 1.29 is 8.42 Å². The van der Waals surface area contributed by atoms with Gasteiger partial charge >= 0.3 is 0 Å². The number of rotatable bonds is 6. The molecular weight excluding hydrogens is 188 g/mol. The summed E-state index contributed by atoms with van der Waals surface area (Å²) in [5, 5.41) is 0. The Bertz CT molecular complexity index is 226. The van der Waals surface area contributed by atoms with Gasteiger partial charge in [-0.2, -0.15) is 0 Å². The van der Waals surface area contributed by atoms with Crippen LogP contribution in [-0.4, -0.2) is 26.5 Å². The molecule has 0 aliphatic carbocycles. The number of hydrazine groups is 1. The van der Waals surface area contributed by atoms with Gasteiger partial charge in [0.1, 0.15) is 9.84 Å². The highest BCUT2D eigenvalue weighted by Crippen LogP contribution is 2.10. The van der Waals surface area contributed by atoms with Gasteiger partial charge in [-0.3, -0.25) is 11.3 Å². The molecule has 5 heteroatoms. The van der Waals surface area contributed by atoms with Crippen molar-refractivity contribution >= 4 is 9.84 Å². The van der Waals surface area contributed by atoms with E-state index in [-0.39, 0.29) is 11.8 Å². The molecule has 0 aromatic carbocycles. The van der Waals surface area contributed by atoms with Gasteiger partial charge in [-0.1, -0.05) is 20.3 Å². The van der Waals surface area contributed by atoms with Crippen molar-refractivity contribution in [2.75, 3.05) is 12.0 Å². The lowest BCUT2D eigenvalue weighted by Crippen LogP contribution is -2.41. The fraction of sp³-hybridized carbons (Fsp3) is 1.00. The minimum atomic E-state index is -2.93. The molecule has 0 heterocycles. The highest BCUT2D eigenvalue weighted by atomic mass is 32.2. The molecule has 0 aliphatic rings. The Morgan fingerprint density at radius 1 is 1.46 bits per heavy atom. The Morgan fingerprint density at radius 3 is 2.31 bits per heavy atom. The van der Waals surface area contributed by atoms with Gasteiger partial charge in [-0.15, -0.1) is 0 Å². The molecule has 0 bridgehead atoms. The number of nitrogens with two attached hydrogens (primary N) is 1. The smallest absolute Gasteiger partial charge is 0.149 e. The Morgan fingerprint density at radius 2 is 2.00 bits per heavy atom. The number of nitrogens with one attached hydrogen (secondary N) is 1. The van der Waals surface area contributed by atoms with Crippen LogP contribution in [0.5, 0.6) is 0 Å². The van der Waals surface area contributed by atoms with Gasteiger partial charge in [0.2, 0.25) is 0 Å². The molecule has 0 spiro atoms. The summed E-state index contributed by atoms with van der Waals surface area (Å²) in [6.45, 7) is 4.17. The third kappa shape index (κ3) is 6.98. The summed E-state index contributed by atoms with van der Waals surface area (Å²) in [6, 6.07) is -0.120. The van der Waals surface area contributed by atoms with Gasteiger partial charge in [-0.25, -0.2) is 8.42 Å². The molecule has 0 aliphatic heterocycles. The molecular formula is C8H20N2O2S. The highest BCUT2D eigenvalue weighted by Gasteiger charge is 2.15. The molecule has 0 amide bonds. The molecule has 0 radical (unpaired) electrons. The maximum atomic E-state index is 11.0. The fourth-order valence-electron chi connectivity index (χ4n) is 1.20. The van der Waals surface area contributed by atoms with Crippen molar-refractivity contribution in [1.29, 1.82) is 0 Å². The van der Waals surface area contributed by atoms with Crippen LogP contribution in [0.15, 0.2) is 0 Å². The van der Waals surface area contributed by atoms with Crippen molar-refractivity contribution in [2.45, 2.75) is 32.7 Å². The maximum absolute atomic E-state index is 11.0. The van der Waals surface area contributed by atoms with E-state index in [0.29, 0.717) is 5.92 Å². The predicted octanol–water partition coefficient (Wildman–Crippen LogP) is 0.299. The van der Waals surface area contributed by atoms with Crippen LogP contribution in [0.3, 0.4) is 0 Å². The Labute approximate surface area is 80.8 Å². The van der Waals surface area contributed by atoms with E-state index in [9.17, 15) is 8.42 Å². The van der Waals surface area contributed by atoms with Crippen LogP contribution >= 0.6 is 0 Å². The van der Waals surface area contributed by atoms with Crippen molar-refractivity contribution in [2.24, 2.45) is 11.8 Å². The fourth-order valence-corrected chi connectivity index (χ4v) is 2.17. The molecule has 0 saturated carbocycles. The molecule has 0 fully saturated rings. The largest absolute Gasteiger partial charge is 0.271 e. The van der Waals surface area contributed by atoms with Gasteiger partial charge < -0.3 is 0 Å². The van der Waals surface area contributed by atoms with Crippen LogP contribution in [-0.2, 0) is 9.84 Å². The summed E-state index contributed by atoms with van der Waals surface area (Å²) in [5.41, 5.74) is 2.54. The third-order valence-corrected chi connectivity index (χ3v) is 3.13. The van der Waals surface area contributed by atoms with E-state index in [1.54, 1.807) is 0 Å². The van der Waals surface area contributed by atoms with E-state index >= 15 is 0 Å². The summed E-state index contributed by atoms with van der Waals surface area (Å²) >= 11 is 0. The monoisotopic (exact) mass is 208 g/mol. The van der Waals surface area contributed by atoms with Crippen LogP contribution in [0, 0.1) is 5.92 Å². The lowest BCUT2D eigenvalue weighted by Gasteiger charge is -2.18. The zero-order chi connectivity index (χ0) is 10.5. The van der Waals surface area contributed by atoms with Crippen LogP contribution in [0.4, 0.5) is 0 Å². The van der Waals surface area contributed by atoms with Gasteiger partial charge in [0, 0.05) is 12.3 Å². The molecule has 0 aromatic rings. The van der Waals surface area contributed by atoms with Crippen LogP contribution in [0.1, 0.15) is 26.7 Å². The molecule has 0 saturated heterocycles. The second-order valence-electron chi connectivity index (χ2n) is 3.71. The first-order valence-electron chi connectivity index (χ1n) is 4.53. The van der Waals surface area contributed by atoms with E-state index in [1.807, 2.05) is 0 Å². The minimum Gasteiger partial charge on any atom is -0.271 e. The maximum Gasteiger partial charge on any atom is 0.149 e. The second kappa shape index (κ2) is 5.57. The van der Waals surface area contributed by atoms with Crippen LogP contribution < -0.4 is 11.3 Å². The first kappa shape index (κ1) is 12.9. The van der Waals surface area contributed by atoms with Crippen LogP contribution in [0.2, 0.25) is 0 Å². The van der Waals surface area contributed by atoms with Crippen molar-refractivity contribution in [3.63, 3.8) is 0 Å². The van der Waals surface area contributed by atoms with Gasteiger partial charge in [0.25, 0.3) is 0 Å². The van der Waals surface area contributed by atoms with Crippen molar-refractivity contribution in [1.82, 2.24) is 5.43 Å². The second-order valence-corrected chi connectivity index (χ2v) is 5.89.